The molecule has 1 atom stereocenters. The molecule has 1 aromatic carbocycles. The zero-order valence-electron chi connectivity index (χ0n) is 13.0. The topological polar surface area (TPSA) is 38.3 Å². The second-order valence-corrected chi connectivity index (χ2v) is 6.43. The molecule has 2 aliphatic rings. The Morgan fingerprint density at radius 2 is 2.09 bits per heavy atom. The van der Waals surface area contributed by atoms with Gasteiger partial charge in [-0.05, 0) is 53.7 Å². The van der Waals surface area contributed by atoms with Gasteiger partial charge in [-0.15, -0.1) is 13.2 Å². The van der Waals surface area contributed by atoms with Gasteiger partial charge in [0, 0.05) is 18.0 Å². The third kappa shape index (κ3) is 3.21. The van der Waals surface area contributed by atoms with Crippen molar-refractivity contribution in [1.29, 1.82) is 0 Å². The van der Waals surface area contributed by atoms with Crippen molar-refractivity contribution in [3.63, 3.8) is 0 Å². The highest BCUT2D eigenvalue weighted by atomic mass is 19.4. The Morgan fingerprint density at radius 1 is 1.35 bits per heavy atom. The van der Waals surface area contributed by atoms with E-state index in [2.05, 4.69) is 10.1 Å². The van der Waals surface area contributed by atoms with Crippen LogP contribution in [-0.4, -0.2) is 18.8 Å². The van der Waals surface area contributed by atoms with Crippen LogP contribution in [0.3, 0.4) is 0 Å². The molecule has 1 heterocycles. The van der Waals surface area contributed by atoms with Gasteiger partial charge < -0.3 is 10.1 Å². The molecule has 0 bridgehead atoms. The molecule has 3 rings (SSSR count). The number of piperidine rings is 1. The van der Waals surface area contributed by atoms with Crippen LogP contribution >= 0.6 is 0 Å². The lowest BCUT2D eigenvalue weighted by Crippen LogP contribution is -2.34. The Balaban J connectivity index is 2.06. The highest BCUT2D eigenvalue weighted by molar-refractivity contribution is 6.02. The summed E-state index contributed by atoms with van der Waals surface area (Å²) in [6.45, 7) is 4.61. The maximum atomic E-state index is 12.5. The Bertz CT molecular complexity index is 677. The van der Waals surface area contributed by atoms with Crippen LogP contribution in [0.25, 0.3) is 6.08 Å². The molecule has 1 aromatic rings. The molecule has 1 N–H and O–H groups in total. The minimum absolute atomic E-state index is 0.0209. The van der Waals surface area contributed by atoms with Crippen molar-refractivity contribution in [2.24, 2.45) is 5.92 Å². The lowest BCUT2D eigenvalue weighted by Gasteiger charge is -2.25. The van der Waals surface area contributed by atoms with Gasteiger partial charge in [0.05, 0.1) is 0 Å². The van der Waals surface area contributed by atoms with Gasteiger partial charge in [0.1, 0.15) is 5.75 Å². The number of halogens is 3. The molecule has 0 aromatic heterocycles. The fourth-order valence-corrected chi connectivity index (χ4v) is 3.43. The van der Waals surface area contributed by atoms with Gasteiger partial charge in [0.25, 0.3) is 0 Å². The quantitative estimate of drug-likeness (QED) is 0.918. The zero-order valence-corrected chi connectivity index (χ0v) is 13.0. The average molecular weight is 325 g/mol. The van der Waals surface area contributed by atoms with Crippen LogP contribution in [0.5, 0.6) is 5.75 Å². The normalized spacial score (nSPS) is 20.0. The zero-order chi connectivity index (χ0) is 16.8. The average Bonchev–Trinajstić information content (AvgIpc) is 2.76. The van der Waals surface area contributed by atoms with E-state index in [1.54, 1.807) is 6.08 Å². The highest BCUT2D eigenvalue weighted by Crippen LogP contribution is 2.44. The lowest BCUT2D eigenvalue weighted by atomic mass is 9.84. The molecule has 1 fully saturated rings. The molecule has 1 saturated heterocycles. The van der Waals surface area contributed by atoms with Crippen molar-refractivity contribution >= 4 is 12.0 Å². The summed E-state index contributed by atoms with van der Waals surface area (Å²) < 4.78 is 41.7. The third-order valence-corrected chi connectivity index (χ3v) is 4.15. The lowest BCUT2D eigenvalue weighted by molar-refractivity contribution is -0.274. The fourth-order valence-electron chi connectivity index (χ4n) is 3.43. The van der Waals surface area contributed by atoms with Crippen LogP contribution in [0.1, 0.15) is 42.9 Å². The number of carbonyl (C=O) groups is 1. The van der Waals surface area contributed by atoms with Gasteiger partial charge >= 0.3 is 6.36 Å². The van der Waals surface area contributed by atoms with E-state index in [9.17, 15) is 18.0 Å². The SMILES string of the molecule is CC(C)Cc1cc(OC(F)(F)F)cc2c1C1CCNC(=O)C1=C2. The number of carbonyl (C=O) groups excluding carboxylic acids is 1. The van der Waals surface area contributed by atoms with E-state index in [1.807, 2.05) is 13.8 Å². The molecule has 23 heavy (non-hydrogen) atoms. The first-order valence-electron chi connectivity index (χ1n) is 7.67. The number of alkyl halides is 3. The number of nitrogens with one attached hydrogen (secondary N) is 1. The van der Waals surface area contributed by atoms with Gasteiger partial charge in [0.15, 0.2) is 0 Å². The van der Waals surface area contributed by atoms with Crippen molar-refractivity contribution in [2.75, 3.05) is 6.54 Å². The van der Waals surface area contributed by atoms with E-state index >= 15 is 0 Å². The predicted octanol–water partition coefficient (Wildman–Crippen LogP) is 3.78. The summed E-state index contributed by atoms with van der Waals surface area (Å²) in [5.41, 5.74) is 3.13. The van der Waals surface area contributed by atoms with Crippen molar-refractivity contribution in [3.05, 3.63) is 34.4 Å². The van der Waals surface area contributed by atoms with Crippen LogP contribution in [0.4, 0.5) is 13.2 Å². The molecular formula is C17H18F3NO2. The first kappa shape index (κ1) is 15.9. The molecule has 6 heteroatoms. The molecule has 0 spiro atoms. The second-order valence-electron chi connectivity index (χ2n) is 6.43. The van der Waals surface area contributed by atoms with E-state index in [1.165, 1.54) is 12.1 Å². The molecule has 1 unspecified atom stereocenters. The molecule has 124 valence electrons. The number of amides is 1. The summed E-state index contributed by atoms with van der Waals surface area (Å²) in [5.74, 6) is -0.0804. The maximum absolute atomic E-state index is 12.5. The maximum Gasteiger partial charge on any atom is 0.573 e. The van der Waals surface area contributed by atoms with Gasteiger partial charge in [-0.25, -0.2) is 0 Å². The summed E-state index contributed by atoms with van der Waals surface area (Å²) in [6, 6.07) is 2.85. The predicted molar refractivity (Wildman–Crippen MR) is 80.0 cm³/mol. The molecule has 1 aliphatic heterocycles. The molecule has 1 aliphatic carbocycles. The van der Waals surface area contributed by atoms with Crippen LogP contribution in [0, 0.1) is 5.92 Å². The standard InChI is InChI=1S/C17H18F3NO2/c1-9(2)5-10-6-12(23-17(18,19)20)7-11-8-14-13(15(10)11)3-4-21-16(14)22/h6-9,13H,3-5H2,1-2H3,(H,21,22). The minimum Gasteiger partial charge on any atom is -0.406 e. The van der Waals surface area contributed by atoms with E-state index in [0.717, 1.165) is 17.5 Å². The molecule has 3 nitrogen and oxygen atoms in total. The van der Waals surface area contributed by atoms with Crippen LogP contribution < -0.4 is 10.1 Å². The number of fused-ring (bicyclic) bond motifs is 3. The van der Waals surface area contributed by atoms with Crippen LogP contribution in [-0.2, 0) is 11.2 Å². The number of rotatable bonds is 3. The number of hydrogen-bond acceptors (Lipinski definition) is 2. The summed E-state index contributed by atoms with van der Waals surface area (Å²) in [7, 11) is 0. The van der Waals surface area contributed by atoms with E-state index in [4.69, 9.17) is 0 Å². The van der Waals surface area contributed by atoms with E-state index in [0.29, 0.717) is 30.0 Å². The van der Waals surface area contributed by atoms with Gasteiger partial charge in [-0.2, -0.15) is 0 Å². The number of hydrogen-bond donors (Lipinski definition) is 1. The largest absolute Gasteiger partial charge is 0.573 e. The van der Waals surface area contributed by atoms with Crippen molar-refractivity contribution in [3.8, 4) is 5.75 Å². The Hall–Kier alpha value is -1.98. The minimum atomic E-state index is -4.72. The molecule has 1 amide bonds. The smallest absolute Gasteiger partial charge is 0.406 e. The van der Waals surface area contributed by atoms with Crippen LogP contribution in [0.15, 0.2) is 17.7 Å². The molecule has 0 saturated carbocycles. The number of benzene rings is 1. The Morgan fingerprint density at radius 3 is 2.74 bits per heavy atom. The van der Waals surface area contributed by atoms with Gasteiger partial charge in [-0.3, -0.25) is 4.79 Å². The summed E-state index contributed by atoms with van der Waals surface area (Å²) >= 11 is 0. The molecular weight excluding hydrogens is 307 g/mol. The Labute approximate surface area is 132 Å². The van der Waals surface area contributed by atoms with Crippen LogP contribution in [0.2, 0.25) is 0 Å². The second kappa shape index (κ2) is 5.58. The Kier molecular flexibility index (Phi) is 3.86. The monoisotopic (exact) mass is 325 g/mol. The fraction of sp³-hybridized carbons (Fsp3) is 0.471. The van der Waals surface area contributed by atoms with Crippen molar-refractivity contribution in [2.45, 2.75) is 39.0 Å². The van der Waals surface area contributed by atoms with Crippen molar-refractivity contribution < 1.29 is 22.7 Å². The number of ether oxygens (including phenoxy) is 1. The first-order valence-corrected chi connectivity index (χ1v) is 7.67. The van der Waals surface area contributed by atoms with Gasteiger partial charge in [0.2, 0.25) is 5.91 Å². The molecule has 0 radical (unpaired) electrons. The van der Waals surface area contributed by atoms with E-state index in [-0.39, 0.29) is 17.6 Å². The first-order chi connectivity index (χ1) is 10.7. The summed E-state index contributed by atoms with van der Waals surface area (Å²) in [4.78, 5) is 12.0. The van der Waals surface area contributed by atoms with Gasteiger partial charge in [-0.1, -0.05) is 13.8 Å². The van der Waals surface area contributed by atoms with Crippen molar-refractivity contribution in [1.82, 2.24) is 5.32 Å². The summed E-state index contributed by atoms with van der Waals surface area (Å²) in [6.07, 6.45) is -1.60. The third-order valence-electron chi connectivity index (χ3n) is 4.15. The van der Waals surface area contributed by atoms with E-state index < -0.39 is 6.36 Å². The summed E-state index contributed by atoms with van der Waals surface area (Å²) in [5, 5.41) is 2.78. The highest BCUT2D eigenvalue weighted by Gasteiger charge is 2.36.